The number of aromatic amines is 1. The van der Waals surface area contributed by atoms with Crippen molar-refractivity contribution < 1.29 is 33.0 Å². The molecule has 2 aromatic rings. The maximum Gasteiger partial charge on any atom is 0.303 e. The number of carbonyl (C=O) groups excluding carboxylic acids is 3. The van der Waals surface area contributed by atoms with Gasteiger partial charge in [-0.05, 0) is 0 Å². The molecule has 0 radical (unpaired) electrons. The molecule has 2 aromatic heterocycles. The number of nitrogens with two attached hydrogens (primary N) is 1. The van der Waals surface area contributed by atoms with Crippen molar-refractivity contribution in [3.05, 3.63) is 16.7 Å². The molecule has 1 saturated heterocycles. The third-order valence-corrected chi connectivity index (χ3v) is 4.18. The molecule has 0 spiro atoms. The fraction of sp³-hybridized carbons (Fsp3) is 0.500. The van der Waals surface area contributed by atoms with Gasteiger partial charge in [0.2, 0.25) is 11.9 Å². The number of halogens is 1. The predicted octanol–water partition coefficient (Wildman–Crippen LogP) is -0.905. The van der Waals surface area contributed by atoms with Crippen molar-refractivity contribution >= 4 is 35.0 Å². The summed E-state index contributed by atoms with van der Waals surface area (Å²) in [6, 6.07) is 0. The van der Waals surface area contributed by atoms with E-state index >= 15 is 4.39 Å². The molecule has 1 aliphatic heterocycles. The quantitative estimate of drug-likeness (QED) is 0.507. The number of alkyl halides is 1. The SMILES string of the molecule is CC(=O)Nc1nc2c(ncn2[C@@H]2O[C@](N)(COC(C)=O)[C@@H](OC(C)=O)[C@H]2F)c(=O)[nH]1. The highest BCUT2D eigenvalue weighted by Crippen LogP contribution is 2.39. The molecule has 0 saturated carbocycles. The van der Waals surface area contributed by atoms with E-state index in [-0.39, 0.29) is 17.1 Å². The number of nitrogens with one attached hydrogen (secondary N) is 2. The lowest BCUT2D eigenvalue weighted by atomic mass is 10.1. The molecule has 1 fully saturated rings. The fourth-order valence-electron chi connectivity index (χ4n) is 3.00. The molecule has 1 amide bonds. The van der Waals surface area contributed by atoms with Crippen molar-refractivity contribution in [1.82, 2.24) is 19.5 Å². The van der Waals surface area contributed by atoms with Crippen LogP contribution in [0, 0.1) is 0 Å². The van der Waals surface area contributed by atoms with Crippen molar-refractivity contribution in [2.45, 2.75) is 45.0 Å². The van der Waals surface area contributed by atoms with Crippen LogP contribution >= 0.6 is 0 Å². The van der Waals surface area contributed by atoms with Crippen molar-refractivity contribution in [3.8, 4) is 0 Å². The average Bonchev–Trinajstić information content (AvgIpc) is 3.14. The number of imidazole rings is 1. The van der Waals surface area contributed by atoms with Crippen LogP contribution in [-0.4, -0.2) is 62.0 Å². The Morgan fingerprint density at radius 2 is 2.07 bits per heavy atom. The molecule has 4 atom stereocenters. The molecule has 3 rings (SSSR count). The van der Waals surface area contributed by atoms with Gasteiger partial charge in [-0.25, -0.2) is 9.37 Å². The molecule has 13 nitrogen and oxygen atoms in total. The monoisotopic (exact) mass is 426 g/mol. The second-order valence-corrected chi connectivity index (χ2v) is 6.64. The number of ether oxygens (including phenoxy) is 3. The zero-order valence-electron chi connectivity index (χ0n) is 16.2. The standard InChI is InChI=1S/C16H19FN6O7/c1-6(24)20-15-21-12-10(13(27)22-15)19-5-23(12)14-9(17)11(29-8(3)26)16(18,30-14)4-28-7(2)25/h5,9,11,14H,4,18H2,1-3H3,(H2,20,21,22,24,27)/t9-,11+,14-,16-/m1/s1. The minimum Gasteiger partial charge on any atom is -0.461 e. The zero-order chi connectivity index (χ0) is 22.2. The number of H-pyrrole nitrogens is 1. The Hall–Kier alpha value is -3.39. The number of nitrogens with zero attached hydrogens (tertiary/aromatic N) is 3. The Morgan fingerprint density at radius 1 is 1.37 bits per heavy atom. The smallest absolute Gasteiger partial charge is 0.303 e. The van der Waals surface area contributed by atoms with Crippen molar-refractivity contribution in [2.75, 3.05) is 11.9 Å². The van der Waals surface area contributed by atoms with Crippen LogP contribution in [0.3, 0.4) is 0 Å². The normalized spacial score (nSPS) is 25.8. The van der Waals surface area contributed by atoms with E-state index < -0.39 is 54.2 Å². The number of esters is 2. The zero-order valence-corrected chi connectivity index (χ0v) is 16.2. The topological polar surface area (TPSA) is 181 Å². The van der Waals surface area contributed by atoms with Gasteiger partial charge in [-0.2, -0.15) is 4.98 Å². The summed E-state index contributed by atoms with van der Waals surface area (Å²) in [7, 11) is 0. The summed E-state index contributed by atoms with van der Waals surface area (Å²) >= 11 is 0. The Morgan fingerprint density at radius 3 is 2.67 bits per heavy atom. The first-order valence-corrected chi connectivity index (χ1v) is 8.67. The number of aromatic nitrogens is 4. The van der Waals surface area contributed by atoms with E-state index in [1.54, 1.807) is 0 Å². The minimum atomic E-state index is -2.03. The van der Waals surface area contributed by atoms with Gasteiger partial charge in [-0.15, -0.1) is 0 Å². The Balaban J connectivity index is 2.04. The van der Waals surface area contributed by atoms with Gasteiger partial charge in [0.1, 0.15) is 6.61 Å². The van der Waals surface area contributed by atoms with Crippen molar-refractivity contribution in [1.29, 1.82) is 0 Å². The highest BCUT2D eigenvalue weighted by Gasteiger charge is 2.58. The fourth-order valence-corrected chi connectivity index (χ4v) is 3.00. The number of anilines is 1. The Labute approximate surface area is 167 Å². The molecule has 3 heterocycles. The van der Waals surface area contributed by atoms with Crippen molar-refractivity contribution in [2.24, 2.45) is 5.73 Å². The van der Waals surface area contributed by atoms with E-state index in [9.17, 15) is 19.2 Å². The lowest BCUT2D eigenvalue weighted by molar-refractivity contribution is -0.174. The lowest BCUT2D eigenvalue weighted by Gasteiger charge is -2.28. The van der Waals surface area contributed by atoms with Gasteiger partial charge < -0.3 is 14.2 Å². The summed E-state index contributed by atoms with van der Waals surface area (Å²) in [4.78, 5) is 56.3. The summed E-state index contributed by atoms with van der Waals surface area (Å²) in [5.41, 5.74) is 3.09. The predicted molar refractivity (Wildman–Crippen MR) is 96.6 cm³/mol. The van der Waals surface area contributed by atoms with Crippen molar-refractivity contribution in [3.63, 3.8) is 0 Å². The number of rotatable bonds is 5. The summed E-state index contributed by atoms with van der Waals surface area (Å²) in [5, 5.41) is 2.31. The van der Waals surface area contributed by atoms with E-state index in [1.807, 2.05) is 0 Å². The number of hydrogen-bond acceptors (Lipinski definition) is 10. The van der Waals surface area contributed by atoms with Crippen LogP contribution < -0.4 is 16.6 Å². The van der Waals surface area contributed by atoms with Crippen LogP contribution in [0.2, 0.25) is 0 Å². The number of hydrogen-bond donors (Lipinski definition) is 3. The number of amides is 1. The summed E-state index contributed by atoms with van der Waals surface area (Å²) in [5.74, 6) is -2.22. The Kier molecular flexibility index (Phi) is 5.54. The second kappa shape index (κ2) is 7.79. The molecular weight excluding hydrogens is 407 g/mol. The molecule has 30 heavy (non-hydrogen) atoms. The third kappa shape index (κ3) is 3.99. The lowest BCUT2D eigenvalue weighted by Crippen LogP contribution is -2.56. The molecule has 162 valence electrons. The first-order valence-electron chi connectivity index (χ1n) is 8.67. The molecule has 4 N–H and O–H groups in total. The first kappa shape index (κ1) is 21.3. The second-order valence-electron chi connectivity index (χ2n) is 6.64. The minimum absolute atomic E-state index is 0.117. The van der Waals surface area contributed by atoms with Crippen LogP contribution in [0.25, 0.3) is 11.2 Å². The van der Waals surface area contributed by atoms with Gasteiger partial charge in [0, 0.05) is 20.8 Å². The maximum atomic E-state index is 15.3. The molecular formula is C16H19FN6O7. The largest absolute Gasteiger partial charge is 0.461 e. The van der Waals surface area contributed by atoms with E-state index in [0.717, 1.165) is 24.7 Å². The van der Waals surface area contributed by atoms with Gasteiger partial charge in [0.05, 0.1) is 6.33 Å². The van der Waals surface area contributed by atoms with Crippen LogP contribution in [0.15, 0.2) is 11.1 Å². The third-order valence-electron chi connectivity index (χ3n) is 4.18. The molecule has 0 aliphatic carbocycles. The van der Waals surface area contributed by atoms with Gasteiger partial charge in [-0.3, -0.25) is 39.8 Å². The first-order chi connectivity index (χ1) is 14.0. The highest BCUT2D eigenvalue weighted by atomic mass is 19.1. The van der Waals surface area contributed by atoms with E-state index in [4.69, 9.17) is 19.9 Å². The molecule has 0 unspecified atom stereocenters. The average molecular weight is 426 g/mol. The molecule has 0 aromatic carbocycles. The number of carbonyl (C=O) groups is 3. The summed E-state index contributed by atoms with van der Waals surface area (Å²) in [6.07, 6.45) is -4.10. The summed E-state index contributed by atoms with van der Waals surface area (Å²) in [6.45, 7) is 2.78. The van der Waals surface area contributed by atoms with Gasteiger partial charge in [0.25, 0.3) is 5.56 Å². The van der Waals surface area contributed by atoms with E-state index in [0.29, 0.717) is 0 Å². The maximum absolute atomic E-state index is 15.3. The van der Waals surface area contributed by atoms with Crippen LogP contribution in [0.5, 0.6) is 0 Å². The number of fused-ring (bicyclic) bond motifs is 1. The molecule has 14 heteroatoms. The van der Waals surface area contributed by atoms with E-state index in [1.165, 1.54) is 6.92 Å². The van der Waals surface area contributed by atoms with Crippen LogP contribution in [0.1, 0.15) is 27.0 Å². The van der Waals surface area contributed by atoms with Gasteiger partial charge in [0.15, 0.2) is 35.4 Å². The highest BCUT2D eigenvalue weighted by molar-refractivity contribution is 5.87. The van der Waals surface area contributed by atoms with E-state index in [2.05, 4.69) is 20.3 Å². The summed E-state index contributed by atoms with van der Waals surface area (Å²) < 4.78 is 31.7. The van der Waals surface area contributed by atoms with Gasteiger partial charge >= 0.3 is 11.9 Å². The van der Waals surface area contributed by atoms with Gasteiger partial charge in [-0.1, -0.05) is 0 Å². The Bertz CT molecular complexity index is 1070. The molecule has 1 aliphatic rings. The molecule has 0 bridgehead atoms. The van der Waals surface area contributed by atoms with Crippen LogP contribution in [0.4, 0.5) is 10.3 Å². The van der Waals surface area contributed by atoms with Crippen LogP contribution in [-0.2, 0) is 28.6 Å².